The Morgan fingerprint density at radius 3 is 3.00 bits per heavy atom. The van der Waals surface area contributed by atoms with Crippen molar-refractivity contribution in [2.24, 2.45) is 5.41 Å². The molecule has 4 nitrogen and oxygen atoms in total. The molecule has 2 rings (SSSR count). The highest BCUT2D eigenvalue weighted by Gasteiger charge is 2.38. The highest BCUT2D eigenvalue weighted by molar-refractivity contribution is 7.10. The van der Waals surface area contributed by atoms with E-state index in [4.69, 9.17) is 9.84 Å². The third-order valence-corrected chi connectivity index (χ3v) is 4.51. The van der Waals surface area contributed by atoms with Crippen molar-refractivity contribution in [3.63, 3.8) is 0 Å². The van der Waals surface area contributed by atoms with Crippen molar-refractivity contribution in [3.8, 4) is 0 Å². The number of carboxylic acid groups (broad SMARTS) is 1. The fourth-order valence-electron chi connectivity index (χ4n) is 2.49. The first-order valence-electron chi connectivity index (χ1n) is 6.85. The Morgan fingerprint density at radius 1 is 1.65 bits per heavy atom. The third-order valence-electron chi connectivity index (χ3n) is 3.63. The summed E-state index contributed by atoms with van der Waals surface area (Å²) in [7, 11) is 0. The SMILES string of the molecule is CCOCC1(C=Cc2csc(C)c2)CCN(C(=O)O)C1. The molecule has 0 spiro atoms. The average Bonchev–Trinajstić information content (AvgIpc) is 3.02. The van der Waals surface area contributed by atoms with Crippen LogP contribution in [-0.2, 0) is 4.74 Å². The quantitative estimate of drug-likeness (QED) is 0.905. The molecule has 1 amide bonds. The molecular weight excluding hydrogens is 274 g/mol. The zero-order valence-corrected chi connectivity index (χ0v) is 12.8. The first-order chi connectivity index (χ1) is 9.54. The Hall–Kier alpha value is -1.33. The summed E-state index contributed by atoms with van der Waals surface area (Å²) in [5, 5.41) is 11.2. The summed E-state index contributed by atoms with van der Waals surface area (Å²) in [5.41, 5.74) is 0.988. The number of thiophene rings is 1. The van der Waals surface area contributed by atoms with Gasteiger partial charge < -0.3 is 14.7 Å². The lowest BCUT2D eigenvalue weighted by molar-refractivity contribution is 0.0793. The van der Waals surface area contributed by atoms with Crippen LogP contribution in [0.3, 0.4) is 0 Å². The van der Waals surface area contributed by atoms with E-state index in [2.05, 4.69) is 30.5 Å². The molecule has 1 aliphatic heterocycles. The zero-order valence-electron chi connectivity index (χ0n) is 12.0. The van der Waals surface area contributed by atoms with Crippen molar-refractivity contribution >= 4 is 23.5 Å². The number of likely N-dealkylation sites (tertiary alicyclic amines) is 1. The molecule has 1 saturated heterocycles. The number of nitrogens with zero attached hydrogens (tertiary/aromatic N) is 1. The number of hydrogen-bond acceptors (Lipinski definition) is 3. The first-order valence-corrected chi connectivity index (χ1v) is 7.73. The Morgan fingerprint density at radius 2 is 2.45 bits per heavy atom. The zero-order chi connectivity index (χ0) is 14.6. The van der Waals surface area contributed by atoms with Crippen LogP contribution in [0.15, 0.2) is 17.5 Å². The molecule has 0 radical (unpaired) electrons. The predicted octanol–water partition coefficient (Wildman–Crippen LogP) is 3.48. The maximum absolute atomic E-state index is 11.1. The van der Waals surface area contributed by atoms with Gasteiger partial charge in [-0.2, -0.15) is 0 Å². The first kappa shape index (κ1) is 15.1. The molecule has 1 aromatic heterocycles. The van der Waals surface area contributed by atoms with Crippen molar-refractivity contribution in [3.05, 3.63) is 28.0 Å². The minimum atomic E-state index is -0.844. The summed E-state index contributed by atoms with van der Waals surface area (Å²) in [6, 6.07) is 2.14. The average molecular weight is 295 g/mol. The largest absolute Gasteiger partial charge is 0.465 e. The van der Waals surface area contributed by atoms with Gasteiger partial charge in [0.25, 0.3) is 0 Å². The van der Waals surface area contributed by atoms with Gasteiger partial charge in [0.15, 0.2) is 0 Å². The molecule has 20 heavy (non-hydrogen) atoms. The van der Waals surface area contributed by atoms with Gasteiger partial charge in [0.05, 0.1) is 6.61 Å². The van der Waals surface area contributed by atoms with E-state index in [1.165, 1.54) is 15.3 Å². The minimum absolute atomic E-state index is 0.190. The second-order valence-corrected chi connectivity index (χ2v) is 6.39. The van der Waals surface area contributed by atoms with Crippen LogP contribution in [0.4, 0.5) is 4.79 Å². The fraction of sp³-hybridized carbons (Fsp3) is 0.533. The Bertz CT molecular complexity index is 497. The van der Waals surface area contributed by atoms with E-state index in [1.54, 1.807) is 11.3 Å². The van der Waals surface area contributed by atoms with Gasteiger partial charge in [-0.1, -0.05) is 12.2 Å². The van der Waals surface area contributed by atoms with E-state index >= 15 is 0 Å². The van der Waals surface area contributed by atoms with Gasteiger partial charge in [0.2, 0.25) is 0 Å². The van der Waals surface area contributed by atoms with Crippen LogP contribution in [-0.4, -0.2) is 42.4 Å². The highest BCUT2D eigenvalue weighted by Crippen LogP contribution is 2.33. The van der Waals surface area contributed by atoms with Gasteiger partial charge in [-0.3, -0.25) is 0 Å². The van der Waals surface area contributed by atoms with Crippen LogP contribution in [0.1, 0.15) is 23.8 Å². The summed E-state index contributed by atoms with van der Waals surface area (Å²) in [5.74, 6) is 0. The minimum Gasteiger partial charge on any atom is -0.465 e. The van der Waals surface area contributed by atoms with Crippen molar-refractivity contribution in [2.45, 2.75) is 20.3 Å². The summed E-state index contributed by atoms with van der Waals surface area (Å²) in [4.78, 5) is 13.9. The molecule has 0 saturated carbocycles. The maximum atomic E-state index is 11.1. The number of hydrogen-bond donors (Lipinski definition) is 1. The molecule has 0 aliphatic carbocycles. The molecule has 110 valence electrons. The van der Waals surface area contributed by atoms with E-state index in [0.29, 0.717) is 26.3 Å². The van der Waals surface area contributed by atoms with E-state index in [-0.39, 0.29) is 5.41 Å². The lowest BCUT2D eigenvalue weighted by atomic mass is 9.87. The van der Waals surface area contributed by atoms with Crippen molar-refractivity contribution in [2.75, 3.05) is 26.3 Å². The molecule has 0 bridgehead atoms. The smallest absolute Gasteiger partial charge is 0.407 e. The van der Waals surface area contributed by atoms with Crippen LogP contribution >= 0.6 is 11.3 Å². The van der Waals surface area contributed by atoms with Crippen LogP contribution in [0.5, 0.6) is 0 Å². The number of amides is 1. The maximum Gasteiger partial charge on any atom is 0.407 e. The summed E-state index contributed by atoms with van der Waals surface area (Å²) in [6.45, 7) is 6.37. The van der Waals surface area contributed by atoms with Gasteiger partial charge in [-0.05, 0) is 37.3 Å². The van der Waals surface area contributed by atoms with Crippen LogP contribution in [0.25, 0.3) is 6.08 Å². The Balaban J connectivity index is 2.11. The predicted molar refractivity (Wildman–Crippen MR) is 81.2 cm³/mol. The van der Waals surface area contributed by atoms with Crippen LogP contribution < -0.4 is 0 Å². The normalized spacial score (nSPS) is 22.8. The van der Waals surface area contributed by atoms with Gasteiger partial charge in [-0.25, -0.2) is 4.79 Å². The summed E-state index contributed by atoms with van der Waals surface area (Å²) in [6.07, 6.45) is 4.20. The molecule has 1 fully saturated rings. The molecule has 1 unspecified atom stereocenters. The second-order valence-electron chi connectivity index (χ2n) is 5.28. The lowest BCUT2D eigenvalue weighted by Crippen LogP contribution is -2.32. The van der Waals surface area contributed by atoms with Crippen molar-refractivity contribution in [1.82, 2.24) is 4.90 Å². The van der Waals surface area contributed by atoms with Gasteiger partial charge in [-0.15, -0.1) is 11.3 Å². The number of rotatable bonds is 5. The Labute approximate surface area is 123 Å². The van der Waals surface area contributed by atoms with Crippen LogP contribution in [0.2, 0.25) is 0 Å². The monoisotopic (exact) mass is 295 g/mol. The molecule has 1 aromatic rings. The molecule has 1 atom stereocenters. The summed E-state index contributed by atoms with van der Waals surface area (Å²) >= 11 is 1.72. The van der Waals surface area contributed by atoms with Gasteiger partial charge in [0, 0.05) is 30.0 Å². The van der Waals surface area contributed by atoms with Crippen LogP contribution in [0, 0.1) is 12.3 Å². The molecule has 5 heteroatoms. The van der Waals surface area contributed by atoms with E-state index in [9.17, 15) is 4.79 Å². The molecule has 1 aliphatic rings. The number of aryl methyl sites for hydroxylation is 1. The second kappa shape index (κ2) is 6.41. The van der Waals surface area contributed by atoms with E-state index in [1.807, 2.05) is 6.92 Å². The number of ether oxygens (including phenoxy) is 1. The number of carbonyl (C=O) groups is 1. The fourth-order valence-corrected chi connectivity index (χ4v) is 3.16. The van der Waals surface area contributed by atoms with Gasteiger partial charge in [0.1, 0.15) is 0 Å². The molecule has 1 N–H and O–H groups in total. The topological polar surface area (TPSA) is 49.8 Å². The lowest BCUT2D eigenvalue weighted by Gasteiger charge is -2.24. The molecule has 2 heterocycles. The molecular formula is C15H21NO3S. The standard InChI is InChI=1S/C15H21NO3S/c1-3-19-11-15(6-7-16(10-15)14(17)18)5-4-13-8-12(2)20-9-13/h4-5,8-9H,3,6-7,10-11H2,1-2H3,(H,17,18). The Kier molecular flexibility index (Phi) is 4.83. The van der Waals surface area contributed by atoms with Gasteiger partial charge >= 0.3 is 6.09 Å². The highest BCUT2D eigenvalue weighted by atomic mass is 32.1. The summed E-state index contributed by atoms with van der Waals surface area (Å²) < 4.78 is 5.57. The van der Waals surface area contributed by atoms with Crippen molar-refractivity contribution < 1.29 is 14.6 Å². The molecule has 0 aromatic carbocycles. The van der Waals surface area contributed by atoms with E-state index in [0.717, 1.165) is 6.42 Å². The van der Waals surface area contributed by atoms with Crippen molar-refractivity contribution in [1.29, 1.82) is 0 Å². The van der Waals surface area contributed by atoms with E-state index < -0.39 is 6.09 Å². The third kappa shape index (κ3) is 3.61.